The molecule has 4 nitrogen and oxygen atoms in total. The molecular formula is C20H23ClF3N3OS. The van der Waals surface area contributed by atoms with Crippen molar-refractivity contribution in [2.24, 2.45) is 11.7 Å². The number of carbonyl (C=O) groups is 1. The lowest BCUT2D eigenvalue weighted by atomic mass is 9.78. The van der Waals surface area contributed by atoms with Gasteiger partial charge in [0.2, 0.25) is 5.91 Å². The molecule has 0 aliphatic heterocycles. The molecule has 2 aromatic rings. The molecule has 3 N–H and O–H groups in total. The summed E-state index contributed by atoms with van der Waals surface area (Å²) < 4.78 is 39.8. The molecule has 0 atom stereocenters. The zero-order valence-electron chi connectivity index (χ0n) is 16.2. The van der Waals surface area contributed by atoms with Gasteiger partial charge in [0.05, 0.1) is 21.8 Å². The molecule has 0 radical (unpaired) electrons. The minimum absolute atomic E-state index is 0.0424. The van der Waals surface area contributed by atoms with Crippen LogP contribution in [-0.4, -0.2) is 17.4 Å². The molecule has 1 aromatic heterocycles. The Kier molecular flexibility index (Phi) is 6.43. The van der Waals surface area contributed by atoms with E-state index in [2.05, 4.69) is 10.3 Å². The summed E-state index contributed by atoms with van der Waals surface area (Å²) in [6, 6.07) is 1.81. The molecular weight excluding hydrogens is 423 g/mol. The molecule has 158 valence electrons. The van der Waals surface area contributed by atoms with Gasteiger partial charge in [-0.15, -0.1) is 11.3 Å². The molecule has 1 amide bonds. The molecule has 1 fully saturated rings. The Morgan fingerprint density at radius 3 is 2.45 bits per heavy atom. The topological polar surface area (TPSA) is 68.0 Å². The Hall–Kier alpha value is -1.80. The maximum absolute atomic E-state index is 13.3. The van der Waals surface area contributed by atoms with Crippen molar-refractivity contribution in [2.45, 2.75) is 51.6 Å². The van der Waals surface area contributed by atoms with Gasteiger partial charge in [0.15, 0.2) is 5.13 Å². The van der Waals surface area contributed by atoms with Gasteiger partial charge in [0.25, 0.3) is 0 Å². The van der Waals surface area contributed by atoms with E-state index >= 15 is 0 Å². The number of thiazole rings is 1. The van der Waals surface area contributed by atoms with Gasteiger partial charge in [-0.2, -0.15) is 13.2 Å². The standard InChI is InChI=1S/C20H23ClF3N3OS/c1-10-11(2)29-19(27-10)26-9-12-3-5-13(6-4-12)15-7-14(20(22,23)24)8-16(17(15)21)18(25)28/h7-8,12-13H,3-6,9H2,1-2H3,(H2,25,28)(H,26,27). The van der Waals surface area contributed by atoms with Crippen molar-refractivity contribution in [1.29, 1.82) is 0 Å². The zero-order chi connectivity index (χ0) is 21.3. The maximum atomic E-state index is 13.3. The number of hydrogen-bond donors (Lipinski definition) is 2. The zero-order valence-corrected chi connectivity index (χ0v) is 17.8. The van der Waals surface area contributed by atoms with Gasteiger partial charge < -0.3 is 11.1 Å². The minimum Gasteiger partial charge on any atom is -0.366 e. The molecule has 0 spiro atoms. The Labute approximate surface area is 176 Å². The van der Waals surface area contributed by atoms with Gasteiger partial charge in [0, 0.05) is 11.4 Å². The summed E-state index contributed by atoms with van der Waals surface area (Å²) in [5.74, 6) is -0.659. The fourth-order valence-corrected chi connectivity index (χ4v) is 4.92. The average Bonchev–Trinajstić information content (AvgIpc) is 2.97. The predicted molar refractivity (Wildman–Crippen MR) is 110 cm³/mol. The number of rotatable bonds is 5. The van der Waals surface area contributed by atoms with E-state index in [4.69, 9.17) is 17.3 Å². The van der Waals surface area contributed by atoms with Crippen LogP contribution < -0.4 is 11.1 Å². The molecule has 29 heavy (non-hydrogen) atoms. The Morgan fingerprint density at radius 1 is 1.28 bits per heavy atom. The number of hydrogen-bond acceptors (Lipinski definition) is 4. The van der Waals surface area contributed by atoms with E-state index in [-0.39, 0.29) is 16.5 Å². The van der Waals surface area contributed by atoms with Gasteiger partial charge in [-0.1, -0.05) is 11.6 Å². The number of aryl methyl sites for hydroxylation is 2. The fourth-order valence-electron chi connectivity index (χ4n) is 3.74. The van der Waals surface area contributed by atoms with Gasteiger partial charge in [-0.05, 0) is 69.1 Å². The number of aromatic nitrogens is 1. The number of alkyl halides is 3. The second-order valence-electron chi connectivity index (χ2n) is 7.55. The third kappa shape index (κ3) is 5.04. The SMILES string of the molecule is Cc1nc(NCC2CCC(c3cc(C(F)(F)F)cc(C(N)=O)c3Cl)CC2)sc1C. The summed E-state index contributed by atoms with van der Waals surface area (Å²) >= 11 is 7.89. The highest BCUT2D eigenvalue weighted by atomic mass is 35.5. The van der Waals surface area contributed by atoms with Crippen molar-refractivity contribution in [2.75, 3.05) is 11.9 Å². The number of nitrogens with one attached hydrogen (secondary N) is 1. The van der Waals surface area contributed by atoms with Gasteiger partial charge >= 0.3 is 6.18 Å². The van der Waals surface area contributed by atoms with Crippen molar-refractivity contribution in [3.05, 3.63) is 44.4 Å². The number of nitrogens with zero attached hydrogens (tertiary/aromatic N) is 1. The molecule has 1 heterocycles. The van der Waals surface area contributed by atoms with Crippen LogP contribution in [0, 0.1) is 19.8 Å². The van der Waals surface area contributed by atoms with E-state index in [0.29, 0.717) is 24.3 Å². The highest BCUT2D eigenvalue weighted by Crippen LogP contribution is 2.42. The van der Waals surface area contributed by atoms with Crippen LogP contribution in [0.15, 0.2) is 12.1 Å². The smallest absolute Gasteiger partial charge is 0.366 e. The normalized spacial score (nSPS) is 19.9. The molecule has 1 aromatic carbocycles. The van der Waals surface area contributed by atoms with Gasteiger partial charge in [0.1, 0.15) is 0 Å². The molecule has 1 aliphatic rings. The van der Waals surface area contributed by atoms with Crippen LogP contribution in [0.2, 0.25) is 5.02 Å². The van der Waals surface area contributed by atoms with E-state index in [1.165, 1.54) is 4.88 Å². The summed E-state index contributed by atoms with van der Waals surface area (Å²) in [5, 5.41) is 4.31. The first-order chi connectivity index (χ1) is 13.6. The monoisotopic (exact) mass is 445 g/mol. The average molecular weight is 446 g/mol. The highest BCUT2D eigenvalue weighted by Gasteiger charge is 2.34. The second kappa shape index (κ2) is 8.52. The lowest BCUT2D eigenvalue weighted by molar-refractivity contribution is -0.137. The van der Waals surface area contributed by atoms with Crippen LogP contribution in [0.1, 0.15) is 63.7 Å². The lowest BCUT2D eigenvalue weighted by Gasteiger charge is -2.30. The number of benzene rings is 1. The summed E-state index contributed by atoms with van der Waals surface area (Å²) in [6.07, 6.45) is -1.42. The molecule has 1 saturated carbocycles. The number of anilines is 1. The van der Waals surface area contributed by atoms with Crippen LogP contribution in [0.5, 0.6) is 0 Å². The quantitative estimate of drug-likeness (QED) is 0.600. The third-order valence-corrected chi connectivity index (χ3v) is 7.00. The van der Waals surface area contributed by atoms with Crippen molar-refractivity contribution < 1.29 is 18.0 Å². The molecule has 9 heteroatoms. The first-order valence-electron chi connectivity index (χ1n) is 9.44. The van der Waals surface area contributed by atoms with Crippen molar-refractivity contribution >= 4 is 34.0 Å². The van der Waals surface area contributed by atoms with E-state index in [1.807, 2.05) is 13.8 Å². The maximum Gasteiger partial charge on any atom is 0.416 e. The molecule has 0 bridgehead atoms. The summed E-state index contributed by atoms with van der Waals surface area (Å²) in [6.45, 7) is 4.78. The van der Waals surface area contributed by atoms with E-state index in [9.17, 15) is 18.0 Å². The molecule has 0 unspecified atom stereocenters. The minimum atomic E-state index is -4.56. The second-order valence-corrected chi connectivity index (χ2v) is 9.13. The fraction of sp³-hybridized carbons (Fsp3) is 0.500. The highest BCUT2D eigenvalue weighted by molar-refractivity contribution is 7.15. The molecule has 3 rings (SSSR count). The number of nitrogens with two attached hydrogens (primary N) is 1. The van der Waals surface area contributed by atoms with Gasteiger partial charge in [-0.25, -0.2) is 4.98 Å². The lowest BCUT2D eigenvalue weighted by Crippen LogP contribution is -2.22. The van der Waals surface area contributed by atoms with Crippen molar-refractivity contribution in [3.8, 4) is 0 Å². The Morgan fingerprint density at radius 2 is 1.93 bits per heavy atom. The van der Waals surface area contributed by atoms with Crippen LogP contribution >= 0.6 is 22.9 Å². The number of halogens is 4. The summed E-state index contributed by atoms with van der Waals surface area (Å²) in [7, 11) is 0. The summed E-state index contributed by atoms with van der Waals surface area (Å²) in [4.78, 5) is 17.2. The van der Waals surface area contributed by atoms with E-state index in [1.54, 1.807) is 11.3 Å². The number of carbonyl (C=O) groups excluding carboxylic acids is 1. The third-order valence-electron chi connectivity index (χ3n) is 5.55. The number of primary amides is 1. The van der Waals surface area contributed by atoms with E-state index < -0.39 is 17.6 Å². The molecule has 0 saturated heterocycles. The largest absolute Gasteiger partial charge is 0.416 e. The molecule has 1 aliphatic carbocycles. The van der Waals surface area contributed by atoms with E-state index in [0.717, 1.165) is 42.3 Å². The predicted octanol–water partition coefficient (Wildman–Crippen LogP) is 5.92. The Balaban J connectivity index is 1.69. The first kappa shape index (κ1) is 21.9. The first-order valence-corrected chi connectivity index (χ1v) is 10.6. The van der Waals surface area contributed by atoms with Crippen LogP contribution in [0.4, 0.5) is 18.3 Å². The van der Waals surface area contributed by atoms with Crippen molar-refractivity contribution in [3.63, 3.8) is 0 Å². The summed E-state index contributed by atoms with van der Waals surface area (Å²) in [5.41, 5.74) is 5.48. The number of amides is 1. The van der Waals surface area contributed by atoms with Crippen molar-refractivity contribution in [1.82, 2.24) is 4.98 Å². The van der Waals surface area contributed by atoms with Crippen LogP contribution in [0.25, 0.3) is 0 Å². The Bertz CT molecular complexity index is 886. The van der Waals surface area contributed by atoms with Crippen LogP contribution in [-0.2, 0) is 6.18 Å². The van der Waals surface area contributed by atoms with Gasteiger partial charge in [-0.3, -0.25) is 4.79 Å². The van der Waals surface area contributed by atoms with Crippen LogP contribution in [0.3, 0.4) is 0 Å².